The second-order valence-corrected chi connectivity index (χ2v) is 7.32. The van der Waals surface area contributed by atoms with Crippen molar-refractivity contribution in [2.24, 2.45) is 13.0 Å². The third kappa shape index (κ3) is 3.79. The number of aromatic nitrogens is 2. The Kier molecular flexibility index (Phi) is 5.27. The van der Waals surface area contributed by atoms with Crippen LogP contribution in [0, 0.1) is 5.92 Å². The van der Waals surface area contributed by atoms with Crippen LogP contribution in [0.5, 0.6) is 0 Å². The maximum absolute atomic E-state index is 12.4. The molecule has 0 unspecified atom stereocenters. The van der Waals surface area contributed by atoms with Crippen LogP contribution in [0.25, 0.3) is 11.0 Å². The quantitative estimate of drug-likeness (QED) is 0.896. The van der Waals surface area contributed by atoms with E-state index in [9.17, 15) is 9.59 Å². The van der Waals surface area contributed by atoms with Gasteiger partial charge in [0, 0.05) is 26.2 Å². The largest absolute Gasteiger partial charge is 0.354 e. The molecule has 1 aromatic carbocycles. The van der Waals surface area contributed by atoms with Gasteiger partial charge in [-0.3, -0.25) is 13.9 Å². The number of piperidine rings is 1. The van der Waals surface area contributed by atoms with E-state index in [2.05, 4.69) is 24.1 Å². The minimum atomic E-state index is -0.153. The summed E-state index contributed by atoms with van der Waals surface area (Å²) in [5.41, 5.74) is 1.49. The lowest BCUT2D eigenvalue weighted by molar-refractivity contribution is -0.121. The first-order chi connectivity index (χ1) is 12.0. The molecule has 1 aliphatic rings. The van der Waals surface area contributed by atoms with Crippen molar-refractivity contribution in [3.63, 3.8) is 0 Å². The highest BCUT2D eigenvalue weighted by Gasteiger charge is 2.22. The van der Waals surface area contributed by atoms with Crippen LogP contribution in [0.4, 0.5) is 0 Å². The Morgan fingerprint density at radius 3 is 2.72 bits per heavy atom. The number of nitrogens with zero attached hydrogens (tertiary/aromatic N) is 3. The first-order valence-electron chi connectivity index (χ1n) is 9.12. The highest BCUT2D eigenvalue weighted by atomic mass is 16.2. The Morgan fingerprint density at radius 1 is 1.28 bits per heavy atom. The zero-order valence-electron chi connectivity index (χ0n) is 15.4. The number of amides is 1. The molecule has 2 aromatic rings. The summed E-state index contributed by atoms with van der Waals surface area (Å²) in [5.74, 6) is 0.393. The Morgan fingerprint density at radius 2 is 2.00 bits per heavy atom. The number of aryl methyl sites for hydroxylation is 1. The summed E-state index contributed by atoms with van der Waals surface area (Å²) >= 11 is 0. The van der Waals surface area contributed by atoms with Gasteiger partial charge in [-0.05, 0) is 51.3 Å². The van der Waals surface area contributed by atoms with E-state index >= 15 is 0 Å². The van der Waals surface area contributed by atoms with Crippen LogP contribution in [-0.4, -0.2) is 45.6 Å². The van der Waals surface area contributed by atoms with E-state index in [1.807, 2.05) is 24.3 Å². The van der Waals surface area contributed by atoms with Gasteiger partial charge in [0.1, 0.15) is 6.54 Å². The van der Waals surface area contributed by atoms with E-state index in [1.165, 1.54) is 6.42 Å². The number of likely N-dealkylation sites (tertiary alicyclic amines) is 1. The molecule has 1 aromatic heterocycles. The van der Waals surface area contributed by atoms with Gasteiger partial charge in [-0.25, -0.2) is 4.79 Å². The van der Waals surface area contributed by atoms with Crippen LogP contribution in [-0.2, 0) is 18.4 Å². The second-order valence-electron chi connectivity index (χ2n) is 7.32. The van der Waals surface area contributed by atoms with Gasteiger partial charge in [-0.2, -0.15) is 0 Å². The molecule has 0 spiro atoms. The van der Waals surface area contributed by atoms with E-state index in [-0.39, 0.29) is 18.1 Å². The SMILES string of the molecule is CC(C)N1CCC[C@H](CNC(=O)Cn2c(=O)n(C)c3ccccc32)C1. The zero-order valence-corrected chi connectivity index (χ0v) is 15.4. The molecule has 0 aliphatic carbocycles. The van der Waals surface area contributed by atoms with E-state index in [0.717, 1.165) is 30.5 Å². The molecule has 6 nitrogen and oxygen atoms in total. The third-order valence-electron chi connectivity index (χ3n) is 5.22. The molecule has 1 N–H and O–H groups in total. The van der Waals surface area contributed by atoms with Crippen molar-refractivity contribution in [3.8, 4) is 0 Å². The number of carbonyl (C=O) groups excluding carboxylic acids is 1. The second kappa shape index (κ2) is 7.44. The number of rotatable bonds is 5. The number of carbonyl (C=O) groups is 1. The van der Waals surface area contributed by atoms with Crippen molar-refractivity contribution in [1.82, 2.24) is 19.4 Å². The number of para-hydroxylation sites is 2. The van der Waals surface area contributed by atoms with Gasteiger partial charge >= 0.3 is 5.69 Å². The monoisotopic (exact) mass is 344 g/mol. The molecule has 1 atom stereocenters. The van der Waals surface area contributed by atoms with Crippen LogP contribution in [0.15, 0.2) is 29.1 Å². The fourth-order valence-electron chi connectivity index (χ4n) is 3.71. The van der Waals surface area contributed by atoms with E-state index < -0.39 is 0 Å². The maximum Gasteiger partial charge on any atom is 0.329 e. The molecule has 3 rings (SSSR count). The van der Waals surface area contributed by atoms with Crippen LogP contribution in [0.1, 0.15) is 26.7 Å². The molecule has 1 fully saturated rings. The summed E-state index contributed by atoms with van der Waals surface area (Å²) in [4.78, 5) is 27.2. The molecule has 1 saturated heterocycles. The number of fused-ring (bicyclic) bond motifs is 1. The Bertz CT molecular complexity index is 805. The molecule has 0 radical (unpaired) electrons. The van der Waals surface area contributed by atoms with Crippen molar-refractivity contribution in [1.29, 1.82) is 0 Å². The van der Waals surface area contributed by atoms with Crippen LogP contribution in [0.2, 0.25) is 0 Å². The van der Waals surface area contributed by atoms with Crippen LogP contribution >= 0.6 is 0 Å². The fourth-order valence-corrected chi connectivity index (χ4v) is 3.71. The highest BCUT2D eigenvalue weighted by molar-refractivity contribution is 5.80. The predicted molar refractivity (Wildman–Crippen MR) is 99.6 cm³/mol. The topological polar surface area (TPSA) is 59.3 Å². The summed E-state index contributed by atoms with van der Waals surface area (Å²) in [6.45, 7) is 7.36. The summed E-state index contributed by atoms with van der Waals surface area (Å²) in [6.07, 6.45) is 2.33. The van der Waals surface area contributed by atoms with E-state index in [0.29, 0.717) is 18.5 Å². The molecule has 0 saturated carbocycles. The van der Waals surface area contributed by atoms with Gasteiger partial charge in [0.05, 0.1) is 11.0 Å². The molecule has 0 bridgehead atoms. The molecule has 2 heterocycles. The Hall–Kier alpha value is -2.08. The van der Waals surface area contributed by atoms with Crippen molar-refractivity contribution >= 4 is 16.9 Å². The smallest absolute Gasteiger partial charge is 0.329 e. The first kappa shape index (κ1) is 17.7. The van der Waals surface area contributed by atoms with Gasteiger partial charge in [-0.15, -0.1) is 0 Å². The number of nitrogens with one attached hydrogen (secondary N) is 1. The summed E-state index contributed by atoms with van der Waals surface area (Å²) in [5, 5.41) is 3.03. The first-order valence-corrected chi connectivity index (χ1v) is 9.12. The summed E-state index contributed by atoms with van der Waals surface area (Å²) in [7, 11) is 1.74. The lowest BCUT2D eigenvalue weighted by atomic mass is 9.97. The average Bonchev–Trinajstić information content (AvgIpc) is 2.85. The highest BCUT2D eigenvalue weighted by Crippen LogP contribution is 2.17. The van der Waals surface area contributed by atoms with Crippen molar-refractivity contribution in [2.75, 3.05) is 19.6 Å². The molecule has 25 heavy (non-hydrogen) atoms. The minimum Gasteiger partial charge on any atom is -0.354 e. The Labute approximate surface area is 148 Å². The van der Waals surface area contributed by atoms with E-state index in [4.69, 9.17) is 0 Å². The zero-order chi connectivity index (χ0) is 18.0. The van der Waals surface area contributed by atoms with Crippen molar-refractivity contribution in [3.05, 3.63) is 34.7 Å². The molecule has 1 aliphatic heterocycles. The fraction of sp³-hybridized carbons (Fsp3) is 0.579. The predicted octanol–water partition coefficient (Wildman–Crippen LogP) is 1.58. The lowest BCUT2D eigenvalue weighted by Crippen LogP contribution is -2.44. The number of benzene rings is 1. The summed E-state index contributed by atoms with van der Waals surface area (Å²) in [6, 6.07) is 8.11. The van der Waals surface area contributed by atoms with Crippen molar-refractivity contribution < 1.29 is 4.79 Å². The molecule has 1 amide bonds. The number of hydrogen-bond donors (Lipinski definition) is 1. The summed E-state index contributed by atoms with van der Waals surface area (Å²) < 4.78 is 3.14. The molecular formula is C19H28N4O2. The number of hydrogen-bond acceptors (Lipinski definition) is 3. The lowest BCUT2D eigenvalue weighted by Gasteiger charge is -2.35. The third-order valence-corrected chi connectivity index (χ3v) is 5.22. The Balaban J connectivity index is 1.62. The molecular weight excluding hydrogens is 316 g/mol. The van der Waals surface area contributed by atoms with Gasteiger partial charge in [0.15, 0.2) is 0 Å². The standard InChI is InChI=1S/C19H28N4O2/c1-14(2)22-10-6-7-15(12-22)11-20-18(24)13-23-17-9-5-4-8-16(17)21(3)19(23)25/h4-5,8-9,14-15H,6-7,10-13H2,1-3H3,(H,20,24)/t15-/m1/s1. The van der Waals surface area contributed by atoms with Crippen LogP contribution < -0.4 is 11.0 Å². The van der Waals surface area contributed by atoms with Gasteiger partial charge < -0.3 is 10.2 Å². The minimum absolute atomic E-state index is 0.0702. The molecule has 136 valence electrons. The molecule has 6 heteroatoms. The van der Waals surface area contributed by atoms with Gasteiger partial charge in [0.25, 0.3) is 0 Å². The van der Waals surface area contributed by atoms with Gasteiger partial charge in [-0.1, -0.05) is 12.1 Å². The van der Waals surface area contributed by atoms with Crippen molar-refractivity contribution in [2.45, 2.75) is 39.3 Å². The average molecular weight is 344 g/mol. The van der Waals surface area contributed by atoms with Crippen LogP contribution in [0.3, 0.4) is 0 Å². The number of imidazole rings is 1. The normalized spacial score (nSPS) is 18.8. The maximum atomic E-state index is 12.4. The van der Waals surface area contributed by atoms with Gasteiger partial charge in [0.2, 0.25) is 5.91 Å². The van der Waals surface area contributed by atoms with E-state index in [1.54, 1.807) is 16.2 Å².